The molecule has 1 nitrogen and oxygen atoms in total. The van der Waals surface area contributed by atoms with Crippen LogP contribution in [0.3, 0.4) is 0 Å². The highest BCUT2D eigenvalue weighted by Crippen LogP contribution is 2.22. The Morgan fingerprint density at radius 3 is 2.36 bits per heavy atom. The maximum atomic E-state index is 9.61. The molecule has 1 unspecified atom stereocenters. The molecular formula is C11H15BrOS. The molecule has 0 aliphatic rings. The lowest BCUT2D eigenvalue weighted by Gasteiger charge is -2.13. The zero-order valence-corrected chi connectivity index (χ0v) is 10.8. The van der Waals surface area contributed by atoms with Crippen LogP contribution in [-0.2, 0) is 0 Å². The smallest absolute Gasteiger partial charge is 0.0656 e. The summed E-state index contributed by atoms with van der Waals surface area (Å²) in [5.74, 6) is 1.09. The van der Waals surface area contributed by atoms with E-state index in [-0.39, 0.29) is 6.10 Å². The molecule has 3 heteroatoms. The van der Waals surface area contributed by atoms with E-state index < -0.39 is 0 Å². The molecule has 78 valence electrons. The molecule has 0 bridgehead atoms. The fraction of sp³-hybridized carbons (Fsp3) is 0.455. The van der Waals surface area contributed by atoms with E-state index in [1.54, 1.807) is 11.8 Å². The highest BCUT2D eigenvalue weighted by molar-refractivity contribution is 9.10. The number of aliphatic hydroxyl groups excluding tert-OH is 1. The molecule has 0 saturated heterocycles. The first-order valence-electron chi connectivity index (χ1n) is 4.66. The van der Waals surface area contributed by atoms with Gasteiger partial charge >= 0.3 is 0 Å². The van der Waals surface area contributed by atoms with Crippen molar-refractivity contribution in [3.8, 4) is 0 Å². The van der Waals surface area contributed by atoms with Gasteiger partial charge in [-0.05, 0) is 30.2 Å². The van der Waals surface area contributed by atoms with E-state index in [9.17, 15) is 5.11 Å². The van der Waals surface area contributed by atoms with Gasteiger partial charge in [-0.15, -0.1) is 11.8 Å². The van der Waals surface area contributed by atoms with E-state index in [1.165, 1.54) is 4.90 Å². The Morgan fingerprint density at radius 1 is 1.29 bits per heavy atom. The van der Waals surface area contributed by atoms with E-state index in [4.69, 9.17) is 0 Å². The monoisotopic (exact) mass is 274 g/mol. The van der Waals surface area contributed by atoms with Gasteiger partial charge < -0.3 is 5.11 Å². The maximum Gasteiger partial charge on any atom is 0.0656 e. The number of benzene rings is 1. The number of thioether (sulfide) groups is 1. The predicted molar refractivity (Wildman–Crippen MR) is 65.7 cm³/mol. The van der Waals surface area contributed by atoms with E-state index in [0.717, 1.165) is 10.2 Å². The van der Waals surface area contributed by atoms with Crippen LogP contribution >= 0.6 is 27.7 Å². The van der Waals surface area contributed by atoms with Crippen LogP contribution < -0.4 is 0 Å². The summed E-state index contributed by atoms with van der Waals surface area (Å²) in [4.78, 5) is 1.20. The highest BCUT2D eigenvalue weighted by Gasteiger charge is 2.08. The fourth-order valence-corrected chi connectivity index (χ4v) is 2.25. The molecule has 0 heterocycles. The number of aliphatic hydroxyl groups is 1. The molecule has 1 atom stereocenters. The zero-order valence-electron chi connectivity index (χ0n) is 8.40. The Morgan fingerprint density at radius 2 is 1.86 bits per heavy atom. The van der Waals surface area contributed by atoms with E-state index in [2.05, 4.69) is 28.1 Å². The van der Waals surface area contributed by atoms with Crippen molar-refractivity contribution in [2.75, 3.05) is 5.75 Å². The molecule has 0 aliphatic carbocycles. The third-order valence-corrected chi connectivity index (χ3v) is 3.65. The Balaban J connectivity index is 2.42. The molecule has 1 N–H and O–H groups in total. The van der Waals surface area contributed by atoms with Crippen LogP contribution in [0.1, 0.15) is 13.8 Å². The van der Waals surface area contributed by atoms with Crippen LogP contribution in [0.4, 0.5) is 0 Å². The number of rotatable bonds is 4. The second-order valence-corrected chi connectivity index (χ2v) is 5.59. The standard InChI is InChI=1S/C11H15BrOS/c1-8(2)11(13)7-14-10-5-3-9(12)4-6-10/h3-6,8,11,13H,7H2,1-2H3. The third-order valence-electron chi connectivity index (χ3n) is 2.00. The van der Waals surface area contributed by atoms with Gasteiger partial charge in [0.15, 0.2) is 0 Å². The van der Waals surface area contributed by atoms with Gasteiger partial charge in [0.05, 0.1) is 6.10 Å². The van der Waals surface area contributed by atoms with Gasteiger partial charge in [0.25, 0.3) is 0 Å². The summed E-state index contributed by atoms with van der Waals surface area (Å²) in [5, 5.41) is 9.61. The normalized spacial score (nSPS) is 13.2. The molecule has 0 aliphatic heterocycles. The third kappa shape index (κ3) is 4.03. The lowest BCUT2D eigenvalue weighted by molar-refractivity contribution is 0.149. The average Bonchev–Trinajstić information content (AvgIpc) is 2.16. The van der Waals surface area contributed by atoms with Crippen LogP contribution in [0.5, 0.6) is 0 Å². The predicted octanol–water partition coefficient (Wildman–Crippen LogP) is 3.56. The molecule has 1 aromatic rings. The van der Waals surface area contributed by atoms with Crippen LogP contribution in [-0.4, -0.2) is 17.0 Å². The Labute approximate surface area is 98.0 Å². The summed E-state index contributed by atoms with van der Waals surface area (Å²) in [7, 11) is 0. The minimum absolute atomic E-state index is 0.219. The molecular weight excluding hydrogens is 260 g/mol. The molecule has 0 amide bonds. The summed E-state index contributed by atoms with van der Waals surface area (Å²) < 4.78 is 1.09. The summed E-state index contributed by atoms with van der Waals surface area (Å²) in [5.41, 5.74) is 0. The lowest BCUT2D eigenvalue weighted by Crippen LogP contribution is -2.17. The van der Waals surface area contributed by atoms with Crippen molar-refractivity contribution in [1.82, 2.24) is 0 Å². The number of halogens is 1. The van der Waals surface area contributed by atoms with Crippen molar-refractivity contribution >= 4 is 27.7 Å². The van der Waals surface area contributed by atoms with Gasteiger partial charge in [-0.1, -0.05) is 29.8 Å². The molecule has 1 rings (SSSR count). The van der Waals surface area contributed by atoms with E-state index in [0.29, 0.717) is 5.92 Å². The first-order valence-corrected chi connectivity index (χ1v) is 6.44. The van der Waals surface area contributed by atoms with Crippen molar-refractivity contribution in [3.05, 3.63) is 28.7 Å². The van der Waals surface area contributed by atoms with Crippen LogP contribution in [0, 0.1) is 5.92 Å². The average molecular weight is 275 g/mol. The molecule has 0 radical (unpaired) electrons. The SMILES string of the molecule is CC(C)C(O)CSc1ccc(Br)cc1. The van der Waals surface area contributed by atoms with E-state index in [1.807, 2.05) is 26.0 Å². The van der Waals surface area contributed by atoms with Gasteiger partial charge in [0, 0.05) is 15.1 Å². The van der Waals surface area contributed by atoms with Gasteiger partial charge in [-0.2, -0.15) is 0 Å². The largest absolute Gasteiger partial charge is 0.392 e. The zero-order chi connectivity index (χ0) is 10.6. The molecule has 0 fully saturated rings. The second-order valence-electron chi connectivity index (χ2n) is 3.58. The van der Waals surface area contributed by atoms with Crippen molar-refractivity contribution in [2.45, 2.75) is 24.8 Å². The quantitative estimate of drug-likeness (QED) is 0.848. The topological polar surface area (TPSA) is 20.2 Å². The summed E-state index contributed by atoms with van der Waals surface area (Å²) in [6, 6.07) is 8.15. The summed E-state index contributed by atoms with van der Waals surface area (Å²) >= 11 is 5.08. The molecule has 14 heavy (non-hydrogen) atoms. The van der Waals surface area contributed by atoms with Crippen molar-refractivity contribution in [1.29, 1.82) is 0 Å². The van der Waals surface area contributed by atoms with Gasteiger partial charge in [-0.25, -0.2) is 0 Å². The van der Waals surface area contributed by atoms with Crippen LogP contribution in [0.2, 0.25) is 0 Å². The molecule has 0 saturated carbocycles. The first-order chi connectivity index (χ1) is 6.59. The second kappa shape index (κ2) is 5.79. The Kier molecular flexibility index (Phi) is 4.99. The minimum atomic E-state index is -0.219. The van der Waals surface area contributed by atoms with Crippen LogP contribution in [0.15, 0.2) is 33.6 Å². The first kappa shape index (κ1) is 12.1. The number of hydrogen-bond acceptors (Lipinski definition) is 2. The lowest BCUT2D eigenvalue weighted by atomic mass is 10.1. The summed E-state index contributed by atoms with van der Waals surface area (Å²) in [6.07, 6.45) is -0.219. The highest BCUT2D eigenvalue weighted by atomic mass is 79.9. The fourth-order valence-electron chi connectivity index (χ4n) is 0.905. The molecule has 1 aromatic carbocycles. The van der Waals surface area contributed by atoms with E-state index >= 15 is 0 Å². The number of hydrogen-bond donors (Lipinski definition) is 1. The van der Waals surface area contributed by atoms with Gasteiger partial charge in [0.1, 0.15) is 0 Å². The minimum Gasteiger partial charge on any atom is -0.392 e. The van der Waals surface area contributed by atoms with Gasteiger partial charge in [-0.3, -0.25) is 0 Å². The van der Waals surface area contributed by atoms with Crippen molar-refractivity contribution in [2.24, 2.45) is 5.92 Å². The summed E-state index contributed by atoms with van der Waals surface area (Å²) in [6.45, 7) is 4.07. The van der Waals surface area contributed by atoms with Crippen LogP contribution in [0.25, 0.3) is 0 Å². The Hall–Kier alpha value is 0.01000. The van der Waals surface area contributed by atoms with Crippen molar-refractivity contribution < 1.29 is 5.11 Å². The molecule has 0 spiro atoms. The molecule has 0 aromatic heterocycles. The van der Waals surface area contributed by atoms with Gasteiger partial charge in [0.2, 0.25) is 0 Å². The Bertz CT molecular complexity index is 271. The van der Waals surface area contributed by atoms with Crippen molar-refractivity contribution in [3.63, 3.8) is 0 Å². The maximum absolute atomic E-state index is 9.61.